The molecular formula is C11H13NO2. The molecule has 0 fully saturated rings. The number of ether oxygens (including phenoxy) is 1. The number of pyridine rings is 1. The van der Waals surface area contributed by atoms with E-state index in [2.05, 4.69) is 4.98 Å². The van der Waals surface area contributed by atoms with Crippen LogP contribution in [0.2, 0.25) is 0 Å². The molecule has 3 heteroatoms. The van der Waals surface area contributed by atoms with Crippen molar-refractivity contribution < 1.29 is 9.84 Å². The van der Waals surface area contributed by atoms with Crippen LogP contribution in [0, 0.1) is 0 Å². The van der Waals surface area contributed by atoms with E-state index in [-0.39, 0.29) is 0 Å². The van der Waals surface area contributed by atoms with Crippen molar-refractivity contribution in [2.45, 2.75) is 18.9 Å². The molecule has 1 unspecified atom stereocenters. The second kappa shape index (κ2) is 4.24. The summed E-state index contributed by atoms with van der Waals surface area (Å²) in [5.41, 5.74) is 0.886. The molecule has 1 aliphatic rings. The third-order valence-electron chi connectivity index (χ3n) is 2.19. The molecule has 0 radical (unpaired) electrons. The van der Waals surface area contributed by atoms with Crippen LogP contribution in [0.3, 0.4) is 0 Å². The second-order valence-corrected chi connectivity index (χ2v) is 3.28. The van der Waals surface area contributed by atoms with E-state index in [1.54, 1.807) is 6.20 Å². The maximum atomic E-state index is 9.77. The van der Waals surface area contributed by atoms with Gasteiger partial charge in [0.25, 0.3) is 0 Å². The molecule has 14 heavy (non-hydrogen) atoms. The maximum Gasteiger partial charge on any atom is 0.121 e. The van der Waals surface area contributed by atoms with Gasteiger partial charge in [-0.15, -0.1) is 0 Å². The molecule has 0 aliphatic carbocycles. The topological polar surface area (TPSA) is 42.4 Å². The van der Waals surface area contributed by atoms with Gasteiger partial charge >= 0.3 is 0 Å². The first-order valence-electron chi connectivity index (χ1n) is 4.77. The lowest BCUT2D eigenvalue weighted by atomic mass is 10.1. The first-order chi connectivity index (χ1) is 6.86. The minimum absolute atomic E-state index is 0.521. The predicted octanol–water partition coefficient (Wildman–Crippen LogP) is 1.29. The van der Waals surface area contributed by atoms with Gasteiger partial charge in [0.15, 0.2) is 0 Å². The lowest BCUT2D eigenvalue weighted by Gasteiger charge is -2.11. The van der Waals surface area contributed by atoms with E-state index in [9.17, 15) is 5.11 Å². The molecule has 0 aromatic carbocycles. The first kappa shape index (κ1) is 9.21. The lowest BCUT2D eigenvalue weighted by molar-refractivity contribution is 0.117. The molecule has 1 atom stereocenters. The van der Waals surface area contributed by atoms with E-state index >= 15 is 0 Å². The standard InChI is InChI=1S/C11H13NO2/c13-10(11-5-3-7-14-11)8-9-4-1-2-6-12-9/h1-2,4-6,10,13H,3,7-8H2. The monoisotopic (exact) mass is 191 g/mol. The third-order valence-corrected chi connectivity index (χ3v) is 2.19. The van der Waals surface area contributed by atoms with Crippen LogP contribution >= 0.6 is 0 Å². The van der Waals surface area contributed by atoms with E-state index in [0.29, 0.717) is 18.8 Å². The highest BCUT2D eigenvalue weighted by molar-refractivity contribution is 5.11. The predicted molar refractivity (Wildman–Crippen MR) is 52.6 cm³/mol. The van der Waals surface area contributed by atoms with Crippen LogP contribution in [-0.2, 0) is 11.2 Å². The molecule has 74 valence electrons. The molecule has 1 aromatic heterocycles. The summed E-state index contributed by atoms with van der Waals surface area (Å²) in [5, 5.41) is 9.77. The van der Waals surface area contributed by atoms with Gasteiger partial charge in [0.2, 0.25) is 0 Å². The van der Waals surface area contributed by atoms with Crippen LogP contribution in [0.15, 0.2) is 36.2 Å². The Balaban J connectivity index is 1.97. The third kappa shape index (κ3) is 2.12. The van der Waals surface area contributed by atoms with Crippen LogP contribution in [-0.4, -0.2) is 22.8 Å². The summed E-state index contributed by atoms with van der Waals surface area (Å²) in [4.78, 5) is 4.15. The molecular weight excluding hydrogens is 178 g/mol. The SMILES string of the molecule is OC(Cc1ccccn1)C1=CCCO1. The number of nitrogens with zero attached hydrogens (tertiary/aromatic N) is 1. The van der Waals surface area contributed by atoms with Crippen LogP contribution in [0.4, 0.5) is 0 Å². The van der Waals surface area contributed by atoms with E-state index in [1.807, 2.05) is 24.3 Å². The summed E-state index contributed by atoms with van der Waals surface area (Å²) in [5.74, 6) is 0.690. The number of aromatic nitrogens is 1. The molecule has 2 heterocycles. The molecule has 1 N–H and O–H groups in total. The lowest BCUT2D eigenvalue weighted by Crippen LogP contribution is -2.14. The van der Waals surface area contributed by atoms with Crippen molar-refractivity contribution in [3.8, 4) is 0 Å². The van der Waals surface area contributed by atoms with Crippen molar-refractivity contribution in [2.75, 3.05) is 6.61 Å². The molecule has 3 nitrogen and oxygen atoms in total. The van der Waals surface area contributed by atoms with Crippen molar-refractivity contribution in [3.63, 3.8) is 0 Å². The molecule has 0 amide bonds. The first-order valence-corrected chi connectivity index (χ1v) is 4.77. The van der Waals surface area contributed by atoms with Crippen molar-refractivity contribution in [1.82, 2.24) is 4.98 Å². The van der Waals surface area contributed by atoms with Crippen LogP contribution in [0.1, 0.15) is 12.1 Å². The van der Waals surface area contributed by atoms with Crippen LogP contribution in [0.25, 0.3) is 0 Å². The smallest absolute Gasteiger partial charge is 0.121 e. The molecule has 0 saturated heterocycles. The van der Waals surface area contributed by atoms with E-state index < -0.39 is 6.10 Å². The van der Waals surface area contributed by atoms with Gasteiger partial charge in [-0.05, 0) is 18.2 Å². The molecule has 0 spiro atoms. The van der Waals surface area contributed by atoms with Gasteiger partial charge in [-0.3, -0.25) is 4.98 Å². The fourth-order valence-corrected chi connectivity index (χ4v) is 1.49. The van der Waals surface area contributed by atoms with E-state index in [0.717, 1.165) is 12.1 Å². The number of hydrogen-bond donors (Lipinski definition) is 1. The summed E-state index contributed by atoms with van der Waals surface area (Å²) in [6.45, 7) is 0.689. The van der Waals surface area contributed by atoms with Gasteiger partial charge in [-0.25, -0.2) is 0 Å². The largest absolute Gasteiger partial charge is 0.495 e. The van der Waals surface area contributed by atoms with Crippen LogP contribution in [0.5, 0.6) is 0 Å². The average Bonchev–Trinajstić information content (AvgIpc) is 2.72. The summed E-state index contributed by atoms with van der Waals surface area (Å²) in [6, 6.07) is 5.68. The zero-order chi connectivity index (χ0) is 9.80. The fourth-order valence-electron chi connectivity index (χ4n) is 1.49. The van der Waals surface area contributed by atoms with Crippen LogP contribution < -0.4 is 0 Å². The Bertz CT molecular complexity index is 321. The Morgan fingerprint density at radius 1 is 1.50 bits per heavy atom. The number of hydrogen-bond acceptors (Lipinski definition) is 3. The Hall–Kier alpha value is -1.35. The van der Waals surface area contributed by atoms with Gasteiger partial charge in [0, 0.05) is 24.7 Å². The normalized spacial score (nSPS) is 17.4. The molecule has 1 aliphatic heterocycles. The number of rotatable bonds is 3. The number of aliphatic hydroxyl groups excluding tert-OH is 1. The molecule has 0 bridgehead atoms. The minimum atomic E-state index is -0.549. The zero-order valence-corrected chi connectivity index (χ0v) is 7.89. The van der Waals surface area contributed by atoms with E-state index in [4.69, 9.17) is 4.74 Å². The highest BCUT2D eigenvalue weighted by Crippen LogP contribution is 2.15. The highest BCUT2D eigenvalue weighted by Gasteiger charge is 2.16. The minimum Gasteiger partial charge on any atom is -0.495 e. The Morgan fingerprint density at radius 2 is 2.43 bits per heavy atom. The Morgan fingerprint density at radius 3 is 3.07 bits per heavy atom. The summed E-state index contributed by atoms with van der Waals surface area (Å²) in [6.07, 6.45) is 4.54. The fraction of sp³-hybridized carbons (Fsp3) is 0.364. The Labute approximate surface area is 83.1 Å². The number of aliphatic hydroxyl groups is 1. The zero-order valence-electron chi connectivity index (χ0n) is 7.89. The summed E-state index contributed by atoms with van der Waals surface area (Å²) >= 11 is 0. The van der Waals surface area contributed by atoms with Gasteiger partial charge < -0.3 is 9.84 Å². The van der Waals surface area contributed by atoms with Gasteiger partial charge in [0.1, 0.15) is 11.9 Å². The molecule has 1 aromatic rings. The Kier molecular flexibility index (Phi) is 2.79. The maximum absolute atomic E-state index is 9.77. The quantitative estimate of drug-likeness (QED) is 0.782. The van der Waals surface area contributed by atoms with Gasteiger partial charge in [-0.2, -0.15) is 0 Å². The van der Waals surface area contributed by atoms with Crippen molar-refractivity contribution in [2.24, 2.45) is 0 Å². The van der Waals surface area contributed by atoms with Crippen molar-refractivity contribution in [1.29, 1.82) is 0 Å². The molecule has 0 saturated carbocycles. The summed E-state index contributed by atoms with van der Waals surface area (Å²) in [7, 11) is 0. The van der Waals surface area contributed by atoms with Crippen molar-refractivity contribution >= 4 is 0 Å². The van der Waals surface area contributed by atoms with E-state index in [1.165, 1.54) is 0 Å². The molecule has 2 rings (SSSR count). The second-order valence-electron chi connectivity index (χ2n) is 3.28. The van der Waals surface area contributed by atoms with Crippen molar-refractivity contribution in [3.05, 3.63) is 41.9 Å². The van der Waals surface area contributed by atoms with Gasteiger partial charge in [-0.1, -0.05) is 6.07 Å². The summed E-state index contributed by atoms with van der Waals surface area (Å²) < 4.78 is 5.27. The average molecular weight is 191 g/mol. The van der Waals surface area contributed by atoms with Gasteiger partial charge in [0.05, 0.1) is 6.61 Å². The highest BCUT2D eigenvalue weighted by atomic mass is 16.5.